The molecule has 0 aliphatic heterocycles. The fourth-order valence-electron chi connectivity index (χ4n) is 1.63. The van der Waals surface area contributed by atoms with E-state index in [0.717, 1.165) is 5.69 Å². The van der Waals surface area contributed by atoms with Gasteiger partial charge < -0.3 is 10.6 Å². The fourth-order valence-corrected chi connectivity index (χ4v) is 1.96. The number of hydrogen-bond donors (Lipinski definition) is 1. The van der Waals surface area contributed by atoms with Crippen LogP contribution in [-0.4, -0.2) is 12.6 Å². The molecule has 0 aliphatic carbocycles. The van der Waals surface area contributed by atoms with E-state index in [9.17, 15) is 0 Å². The Kier molecular flexibility index (Phi) is 4.92. The standard InChI is InChI=1S/C12H15Cl2N3/c1-8(2)17(5-3-4-15)12-7-10(14)9(13)6-11(12)16/h6-8H,3,5,16H2,1-2H3. The molecule has 1 rings (SSSR count). The van der Waals surface area contributed by atoms with Gasteiger partial charge in [0.2, 0.25) is 0 Å². The Morgan fingerprint density at radius 1 is 1.35 bits per heavy atom. The van der Waals surface area contributed by atoms with Crippen LogP contribution < -0.4 is 10.6 Å². The summed E-state index contributed by atoms with van der Waals surface area (Å²) in [6.45, 7) is 4.70. The third-order valence-electron chi connectivity index (χ3n) is 2.47. The van der Waals surface area contributed by atoms with Crippen molar-refractivity contribution in [2.45, 2.75) is 26.3 Å². The van der Waals surface area contributed by atoms with E-state index in [0.29, 0.717) is 28.7 Å². The van der Waals surface area contributed by atoms with Gasteiger partial charge in [0.1, 0.15) is 0 Å². The van der Waals surface area contributed by atoms with Crippen molar-refractivity contribution in [3.8, 4) is 6.07 Å². The molecule has 17 heavy (non-hydrogen) atoms. The molecule has 5 heteroatoms. The van der Waals surface area contributed by atoms with Gasteiger partial charge in [-0.25, -0.2) is 0 Å². The van der Waals surface area contributed by atoms with E-state index in [1.807, 2.05) is 18.7 Å². The van der Waals surface area contributed by atoms with E-state index in [1.54, 1.807) is 12.1 Å². The van der Waals surface area contributed by atoms with Crippen LogP contribution in [0.1, 0.15) is 20.3 Å². The molecule has 0 saturated heterocycles. The largest absolute Gasteiger partial charge is 0.397 e. The zero-order valence-electron chi connectivity index (χ0n) is 9.87. The Morgan fingerprint density at radius 3 is 2.47 bits per heavy atom. The Morgan fingerprint density at radius 2 is 1.94 bits per heavy atom. The van der Waals surface area contributed by atoms with Gasteiger partial charge in [-0.05, 0) is 26.0 Å². The lowest BCUT2D eigenvalue weighted by Gasteiger charge is -2.29. The van der Waals surface area contributed by atoms with Crippen LogP contribution in [0.4, 0.5) is 11.4 Å². The van der Waals surface area contributed by atoms with Crippen molar-refractivity contribution in [2.75, 3.05) is 17.2 Å². The summed E-state index contributed by atoms with van der Waals surface area (Å²) < 4.78 is 0. The molecule has 0 fully saturated rings. The van der Waals surface area contributed by atoms with Crippen LogP contribution in [0, 0.1) is 11.3 Å². The van der Waals surface area contributed by atoms with Crippen LogP contribution in [-0.2, 0) is 0 Å². The molecule has 0 saturated carbocycles. The minimum Gasteiger partial charge on any atom is -0.397 e. The predicted molar refractivity (Wildman–Crippen MR) is 73.6 cm³/mol. The summed E-state index contributed by atoms with van der Waals surface area (Å²) in [4.78, 5) is 2.04. The number of anilines is 2. The number of nitrogens with two attached hydrogens (primary N) is 1. The van der Waals surface area contributed by atoms with Crippen molar-refractivity contribution in [2.24, 2.45) is 0 Å². The minimum absolute atomic E-state index is 0.239. The molecule has 92 valence electrons. The molecule has 0 spiro atoms. The molecule has 0 amide bonds. The lowest BCUT2D eigenvalue weighted by Crippen LogP contribution is -2.32. The second-order valence-corrected chi connectivity index (χ2v) is 4.83. The molecule has 0 radical (unpaired) electrons. The third-order valence-corrected chi connectivity index (χ3v) is 3.19. The van der Waals surface area contributed by atoms with E-state index in [4.69, 9.17) is 34.2 Å². The highest BCUT2D eigenvalue weighted by molar-refractivity contribution is 6.42. The van der Waals surface area contributed by atoms with Crippen molar-refractivity contribution < 1.29 is 0 Å². The summed E-state index contributed by atoms with van der Waals surface area (Å²) >= 11 is 11.9. The first-order valence-electron chi connectivity index (χ1n) is 5.35. The van der Waals surface area contributed by atoms with Crippen LogP contribution in [0.2, 0.25) is 10.0 Å². The smallest absolute Gasteiger partial charge is 0.0640 e. The average molecular weight is 272 g/mol. The number of nitrogen functional groups attached to an aromatic ring is 1. The van der Waals surface area contributed by atoms with Crippen molar-refractivity contribution in [1.29, 1.82) is 5.26 Å². The minimum atomic E-state index is 0.239. The van der Waals surface area contributed by atoms with Crippen LogP contribution in [0.5, 0.6) is 0 Å². The van der Waals surface area contributed by atoms with E-state index in [1.165, 1.54) is 0 Å². The first kappa shape index (κ1) is 14.0. The Labute approximate surface area is 112 Å². The number of nitrogens with zero attached hydrogens (tertiary/aromatic N) is 2. The van der Waals surface area contributed by atoms with Crippen LogP contribution in [0.3, 0.4) is 0 Å². The SMILES string of the molecule is CC(C)N(CCC#N)c1cc(Cl)c(Cl)cc1N. The lowest BCUT2D eigenvalue weighted by atomic mass is 10.2. The first-order valence-corrected chi connectivity index (χ1v) is 6.11. The first-order chi connectivity index (χ1) is 7.97. The maximum absolute atomic E-state index is 8.66. The summed E-state index contributed by atoms with van der Waals surface area (Å²) in [6, 6.07) is 5.75. The highest BCUT2D eigenvalue weighted by atomic mass is 35.5. The number of nitriles is 1. The summed E-state index contributed by atoms with van der Waals surface area (Å²) in [5.74, 6) is 0. The van der Waals surface area contributed by atoms with Gasteiger partial charge in [0.05, 0.1) is 33.9 Å². The Hall–Kier alpha value is -1.11. The summed E-state index contributed by atoms with van der Waals surface area (Å²) in [7, 11) is 0. The topological polar surface area (TPSA) is 53.0 Å². The molecule has 0 aliphatic rings. The molecule has 0 heterocycles. The number of halogens is 2. The van der Waals surface area contributed by atoms with Gasteiger partial charge in [-0.2, -0.15) is 5.26 Å². The quantitative estimate of drug-likeness (QED) is 0.850. The zero-order valence-corrected chi connectivity index (χ0v) is 11.4. The summed E-state index contributed by atoms with van der Waals surface area (Å²) in [6.07, 6.45) is 0.442. The molecular formula is C12H15Cl2N3. The Bertz CT molecular complexity index is 438. The molecule has 1 aromatic carbocycles. The van der Waals surface area contributed by atoms with Crippen molar-refractivity contribution in [1.82, 2.24) is 0 Å². The number of rotatable bonds is 4. The van der Waals surface area contributed by atoms with Crippen molar-refractivity contribution in [3.05, 3.63) is 22.2 Å². The van der Waals surface area contributed by atoms with E-state index in [2.05, 4.69) is 6.07 Å². The third kappa shape index (κ3) is 3.42. The monoisotopic (exact) mass is 271 g/mol. The molecule has 1 aromatic rings. The van der Waals surface area contributed by atoms with Gasteiger partial charge in [0, 0.05) is 12.6 Å². The lowest BCUT2D eigenvalue weighted by molar-refractivity contribution is 0.687. The highest BCUT2D eigenvalue weighted by Crippen LogP contribution is 2.34. The van der Waals surface area contributed by atoms with Crippen molar-refractivity contribution in [3.63, 3.8) is 0 Å². The average Bonchev–Trinajstić information content (AvgIpc) is 2.25. The maximum atomic E-state index is 8.66. The number of hydrogen-bond acceptors (Lipinski definition) is 3. The molecule has 3 nitrogen and oxygen atoms in total. The zero-order chi connectivity index (χ0) is 13.0. The van der Waals surface area contributed by atoms with Crippen LogP contribution >= 0.6 is 23.2 Å². The Balaban J connectivity index is 3.10. The molecule has 0 aromatic heterocycles. The van der Waals surface area contributed by atoms with Gasteiger partial charge in [-0.3, -0.25) is 0 Å². The number of benzene rings is 1. The highest BCUT2D eigenvalue weighted by Gasteiger charge is 2.15. The maximum Gasteiger partial charge on any atom is 0.0640 e. The van der Waals surface area contributed by atoms with E-state index in [-0.39, 0.29) is 6.04 Å². The molecule has 0 bridgehead atoms. The molecule has 0 atom stereocenters. The van der Waals surface area contributed by atoms with Crippen LogP contribution in [0.25, 0.3) is 0 Å². The second-order valence-electron chi connectivity index (χ2n) is 4.02. The molecule has 0 unspecified atom stereocenters. The molecular weight excluding hydrogens is 257 g/mol. The predicted octanol–water partition coefficient (Wildman–Crippen LogP) is 3.70. The van der Waals surface area contributed by atoms with Crippen molar-refractivity contribution >= 4 is 34.6 Å². The van der Waals surface area contributed by atoms with Gasteiger partial charge in [0.15, 0.2) is 0 Å². The second kappa shape index (κ2) is 6.00. The van der Waals surface area contributed by atoms with Gasteiger partial charge in [-0.1, -0.05) is 23.2 Å². The summed E-state index contributed by atoms with van der Waals surface area (Å²) in [5, 5.41) is 9.57. The normalized spacial score (nSPS) is 10.4. The van der Waals surface area contributed by atoms with E-state index < -0.39 is 0 Å². The van der Waals surface area contributed by atoms with Gasteiger partial charge in [-0.15, -0.1) is 0 Å². The van der Waals surface area contributed by atoms with Gasteiger partial charge >= 0.3 is 0 Å². The summed E-state index contributed by atoms with van der Waals surface area (Å²) in [5.41, 5.74) is 7.33. The van der Waals surface area contributed by atoms with E-state index >= 15 is 0 Å². The fraction of sp³-hybridized carbons (Fsp3) is 0.417. The van der Waals surface area contributed by atoms with Crippen LogP contribution in [0.15, 0.2) is 12.1 Å². The molecule has 2 N–H and O–H groups in total. The van der Waals surface area contributed by atoms with Gasteiger partial charge in [0.25, 0.3) is 0 Å².